The molecule has 0 saturated carbocycles. The van der Waals surface area contributed by atoms with E-state index >= 15 is 0 Å². The molecule has 3 aromatic rings. The normalized spacial score (nSPS) is 11.4. The van der Waals surface area contributed by atoms with E-state index < -0.39 is 10.0 Å². The van der Waals surface area contributed by atoms with Crippen molar-refractivity contribution in [3.8, 4) is 11.5 Å². The van der Waals surface area contributed by atoms with Gasteiger partial charge in [0, 0.05) is 15.6 Å². The van der Waals surface area contributed by atoms with E-state index in [0.717, 1.165) is 5.56 Å². The van der Waals surface area contributed by atoms with Crippen LogP contribution in [0.2, 0.25) is 10.0 Å². The van der Waals surface area contributed by atoms with Crippen molar-refractivity contribution in [2.24, 2.45) is 5.10 Å². The van der Waals surface area contributed by atoms with Gasteiger partial charge in [-0.15, -0.1) is 0 Å². The predicted molar refractivity (Wildman–Crippen MR) is 118 cm³/mol. The van der Waals surface area contributed by atoms with Crippen LogP contribution >= 0.6 is 23.2 Å². The van der Waals surface area contributed by atoms with Gasteiger partial charge < -0.3 is 9.47 Å². The first-order valence-corrected chi connectivity index (χ1v) is 11.0. The number of rotatable bonds is 8. The molecule has 1 N–H and O–H groups in total. The Kier molecular flexibility index (Phi) is 7.20. The smallest absolute Gasteiger partial charge is 0.276 e. The molecule has 9 heteroatoms. The summed E-state index contributed by atoms with van der Waals surface area (Å²) in [6.07, 6.45) is 1.38. The summed E-state index contributed by atoms with van der Waals surface area (Å²) in [6, 6.07) is 18.3. The quantitative estimate of drug-likeness (QED) is 0.380. The first kappa shape index (κ1) is 22.0. The minimum Gasteiger partial charge on any atom is -0.493 e. The molecule has 0 amide bonds. The van der Waals surface area contributed by atoms with Gasteiger partial charge in [-0.1, -0.05) is 47.5 Å². The molecule has 0 saturated heterocycles. The molecule has 0 fully saturated rings. The summed E-state index contributed by atoms with van der Waals surface area (Å²) in [6.45, 7) is 0.233. The first-order chi connectivity index (χ1) is 14.4. The minimum atomic E-state index is -3.73. The lowest BCUT2D eigenvalue weighted by Crippen LogP contribution is -2.18. The molecule has 0 spiro atoms. The monoisotopic (exact) mass is 464 g/mol. The number of nitrogens with one attached hydrogen (secondary N) is 1. The van der Waals surface area contributed by atoms with Crippen molar-refractivity contribution in [2.45, 2.75) is 11.5 Å². The second kappa shape index (κ2) is 9.84. The average Bonchev–Trinajstić information content (AvgIpc) is 2.74. The first-order valence-electron chi connectivity index (χ1n) is 8.74. The number of hydrazone groups is 1. The summed E-state index contributed by atoms with van der Waals surface area (Å²) in [7, 11) is -2.22. The highest BCUT2D eigenvalue weighted by Crippen LogP contribution is 2.29. The summed E-state index contributed by atoms with van der Waals surface area (Å²) < 4.78 is 35.5. The van der Waals surface area contributed by atoms with Gasteiger partial charge >= 0.3 is 0 Å². The van der Waals surface area contributed by atoms with Crippen molar-refractivity contribution in [2.75, 3.05) is 7.11 Å². The van der Waals surface area contributed by atoms with Crippen LogP contribution < -0.4 is 14.3 Å². The Bertz CT molecular complexity index is 1150. The molecule has 156 valence electrons. The van der Waals surface area contributed by atoms with Crippen molar-refractivity contribution in [3.63, 3.8) is 0 Å². The number of hydrogen-bond donors (Lipinski definition) is 1. The van der Waals surface area contributed by atoms with E-state index in [9.17, 15) is 8.42 Å². The zero-order valence-corrected chi connectivity index (χ0v) is 18.2. The van der Waals surface area contributed by atoms with Gasteiger partial charge in [-0.3, -0.25) is 0 Å². The maximum atomic E-state index is 12.2. The summed E-state index contributed by atoms with van der Waals surface area (Å²) in [5.41, 5.74) is 1.41. The number of nitrogens with zero attached hydrogens (tertiary/aromatic N) is 1. The average molecular weight is 465 g/mol. The third-order valence-corrected chi connectivity index (χ3v) is 5.85. The lowest BCUT2D eigenvalue weighted by atomic mass is 10.2. The Labute approximate surface area is 185 Å². The predicted octanol–water partition coefficient (Wildman–Crippen LogP) is 4.89. The van der Waals surface area contributed by atoms with Crippen LogP contribution in [0.3, 0.4) is 0 Å². The zero-order valence-electron chi connectivity index (χ0n) is 15.9. The van der Waals surface area contributed by atoms with E-state index in [4.69, 9.17) is 32.7 Å². The molecule has 0 atom stereocenters. The SMILES string of the molecule is COc1cc(/C=N\NS(=O)(=O)c2ccccc2)ccc1OCc1ccc(Cl)cc1Cl. The van der Waals surface area contributed by atoms with Gasteiger partial charge in [0.25, 0.3) is 10.0 Å². The second-order valence-electron chi connectivity index (χ2n) is 6.10. The third kappa shape index (κ3) is 5.66. The van der Waals surface area contributed by atoms with Crippen LogP contribution in [0.25, 0.3) is 0 Å². The standard InChI is InChI=1S/C21H18Cl2N2O4S/c1-28-21-11-15(13-24-25-30(26,27)18-5-3-2-4-6-18)7-10-20(21)29-14-16-8-9-17(22)12-19(16)23/h2-13,25H,14H2,1H3/b24-13-. The highest BCUT2D eigenvalue weighted by atomic mass is 35.5. The van der Waals surface area contributed by atoms with Gasteiger partial charge in [0.05, 0.1) is 18.2 Å². The lowest BCUT2D eigenvalue weighted by Gasteiger charge is -2.12. The Morgan fingerprint density at radius 2 is 1.77 bits per heavy atom. The third-order valence-electron chi connectivity index (χ3n) is 4.03. The molecule has 0 bridgehead atoms. The molecule has 0 aromatic heterocycles. The van der Waals surface area contributed by atoms with Crippen LogP contribution in [0.4, 0.5) is 0 Å². The number of sulfonamides is 1. The summed E-state index contributed by atoms with van der Waals surface area (Å²) in [5.74, 6) is 0.973. The van der Waals surface area contributed by atoms with E-state index in [1.807, 2.05) is 0 Å². The Morgan fingerprint density at radius 3 is 2.47 bits per heavy atom. The zero-order chi connectivity index (χ0) is 21.6. The fourth-order valence-corrected chi connectivity index (χ4v) is 3.78. The van der Waals surface area contributed by atoms with Crippen molar-refractivity contribution >= 4 is 39.4 Å². The van der Waals surface area contributed by atoms with E-state index in [1.165, 1.54) is 25.5 Å². The van der Waals surface area contributed by atoms with Gasteiger partial charge in [0.1, 0.15) is 6.61 Å². The van der Waals surface area contributed by atoms with Crippen molar-refractivity contribution in [1.29, 1.82) is 0 Å². The Morgan fingerprint density at radius 1 is 1.00 bits per heavy atom. The Hall–Kier alpha value is -2.74. The van der Waals surface area contributed by atoms with Crippen LogP contribution in [0.5, 0.6) is 11.5 Å². The molecular formula is C21H18Cl2N2O4S. The topological polar surface area (TPSA) is 77.0 Å². The number of ether oxygens (including phenoxy) is 2. The molecule has 6 nitrogen and oxygen atoms in total. The largest absolute Gasteiger partial charge is 0.493 e. The van der Waals surface area contributed by atoms with Gasteiger partial charge in [0.15, 0.2) is 11.5 Å². The van der Waals surface area contributed by atoms with Crippen LogP contribution in [0, 0.1) is 0 Å². The van der Waals surface area contributed by atoms with E-state index in [2.05, 4.69) is 9.93 Å². The second-order valence-corrected chi connectivity index (χ2v) is 8.61. The number of benzene rings is 3. The van der Waals surface area contributed by atoms with Crippen LogP contribution in [-0.2, 0) is 16.6 Å². The highest BCUT2D eigenvalue weighted by Gasteiger charge is 2.11. The molecular weight excluding hydrogens is 447 g/mol. The van der Waals surface area contributed by atoms with E-state index in [0.29, 0.717) is 27.1 Å². The molecule has 0 aliphatic rings. The van der Waals surface area contributed by atoms with Gasteiger partial charge in [0.2, 0.25) is 0 Å². The highest BCUT2D eigenvalue weighted by molar-refractivity contribution is 7.89. The molecule has 0 unspecified atom stereocenters. The number of methoxy groups -OCH3 is 1. The van der Waals surface area contributed by atoms with Gasteiger partial charge in [-0.05, 0) is 48.0 Å². The molecule has 3 aromatic carbocycles. The number of hydrogen-bond acceptors (Lipinski definition) is 5. The minimum absolute atomic E-state index is 0.129. The fourth-order valence-electron chi connectivity index (χ4n) is 2.50. The molecule has 0 aliphatic carbocycles. The van der Waals surface area contributed by atoms with E-state index in [-0.39, 0.29) is 11.5 Å². The van der Waals surface area contributed by atoms with Crippen LogP contribution in [0.15, 0.2) is 76.7 Å². The molecule has 3 rings (SSSR count). The summed E-state index contributed by atoms with van der Waals surface area (Å²) in [4.78, 5) is 2.31. The van der Waals surface area contributed by atoms with Crippen LogP contribution in [-0.4, -0.2) is 21.7 Å². The van der Waals surface area contributed by atoms with Crippen molar-refractivity contribution in [3.05, 3.63) is 87.9 Å². The number of halogens is 2. The molecule has 0 heterocycles. The van der Waals surface area contributed by atoms with Gasteiger partial charge in [-0.25, -0.2) is 4.83 Å². The van der Waals surface area contributed by atoms with Gasteiger partial charge in [-0.2, -0.15) is 13.5 Å². The van der Waals surface area contributed by atoms with Crippen LogP contribution in [0.1, 0.15) is 11.1 Å². The molecule has 30 heavy (non-hydrogen) atoms. The maximum absolute atomic E-state index is 12.2. The van der Waals surface area contributed by atoms with Crippen molar-refractivity contribution in [1.82, 2.24) is 4.83 Å². The van der Waals surface area contributed by atoms with E-state index in [1.54, 1.807) is 54.6 Å². The molecule has 0 radical (unpaired) electrons. The summed E-state index contributed by atoms with van der Waals surface area (Å²) in [5, 5.41) is 4.88. The lowest BCUT2D eigenvalue weighted by molar-refractivity contribution is 0.284. The maximum Gasteiger partial charge on any atom is 0.276 e. The Balaban J connectivity index is 1.68. The molecule has 0 aliphatic heterocycles. The summed E-state index contributed by atoms with van der Waals surface area (Å²) >= 11 is 12.1. The fraction of sp³-hybridized carbons (Fsp3) is 0.0952. The van der Waals surface area contributed by atoms with Crippen molar-refractivity contribution < 1.29 is 17.9 Å².